The summed E-state index contributed by atoms with van der Waals surface area (Å²) >= 11 is 0. The van der Waals surface area contributed by atoms with Crippen LogP contribution in [0.25, 0.3) is 0 Å². The lowest BCUT2D eigenvalue weighted by Crippen LogP contribution is -2.42. The SMILES string of the molecule is CC(=O)[C@H](CCC(=O)O)NC(=O)COCCOCCNC(=O)COCCOCCNC(=O)CC[C@H](N)C(=O)O. The van der Waals surface area contributed by atoms with Crippen LogP contribution in [0.5, 0.6) is 0 Å². The molecule has 0 saturated carbocycles. The third kappa shape index (κ3) is 22.5. The van der Waals surface area contributed by atoms with E-state index in [-0.39, 0.29) is 109 Å². The van der Waals surface area contributed by atoms with Crippen LogP contribution in [0.3, 0.4) is 0 Å². The quantitative estimate of drug-likeness (QED) is 0.0625. The number of carboxylic acids is 2. The number of nitrogens with one attached hydrogen (secondary N) is 3. The van der Waals surface area contributed by atoms with Gasteiger partial charge in [0.2, 0.25) is 17.7 Å². The third-order valence-electron chi connectivity index (χ3n) is 4.82. The van der Waals surface area contributed by atoms with Crippen LogP contribution >= 0.6 is 0 Å². The Morgan fingerprint density at radius 1 is 0.692 bits per heavy atom. The zero-order chi connectivity index (χ0) is 29.5. The molecule has 16 nitrogen and oxygen atoms in total. The van der Waals surface area contributed by atoms with E-state index < -0.39 is 29.9 Å². The van der Waals surface area contributed by atoms with Gasteiger partial charge in [-0.15, -0.1) is 0 Å². The summed E-state index contributed by atoms with van der Waals surface area (Å²) < 4.78 is 20.8. The lowest BCUT2D eigenvalue weighted by Gasteiger charge is -2.15. The number of carboxylic acid groups (broad SMARTS) is 2. The Balaban J connectivity index is 3.57. The fourth-order valence-corrected chi connectivity index (χ4v) is 2.73. The molecule has 0 spiro atoms. The minimum absolute atomic E-state index is 0.00140. The van der Waals surface area contributed by atoms with Crippen molar-refractivity contribution in [1.82, 2.24) is 16.0 Å². The van der Waals surface area contributed by atoms with Crippen molar-refractivity contribution < 1.29 is 57.9 Å². The standard InChI is InChI=1S/C23H40N4O12/c1-16(28)18(3-5-22(32)33)27-21(31)15-39-13-11-37-9-7-26-20(30)14-38-12-10-36-8-6-25-19(29)4-2-17(24)23(34)35/h17-18H,2-15,24H2,1H3,(H,25,29)(H,26,30)(H,27,31)(H,32,33)(H,34,35)/t17-,18-/m0/s1. The van der Waals surface area contributed by atoms with Gasteiger partial charge in [-0.05, 0) is 19.8 Å². The van der Waals surface area contributed by atoms with Gasteiger partial charge in [0.1, 0.15) is 19.3 Å². The zero-order valence-electron chi connectivity index (χ0n) is 22.1. The van der Waals surface area contributed by atoms with Gasteiger partial charge in [0.25, 0.3) is 0 Å². The van der Waals surface area contributed by atoms with E-state index in [1.54, 1.807) is 0 Å². The number of carbonyl (C=O) groups is 6. The van der Waals surface area contributed by atoms with Crippen LogP contribution < -0.4 is 21.7 Å². The fraction of sp³-hybridized carbons (Fsp3) is 0.739. The predicted molar refractivity (Wildman–Crippen MR) is 134 cm³/mol. The normalized spacial score (nSPS) is 12.3. The Hall–Kier alpha value is -3.18. The molecule has 16 heteroatoms. The topological polar surface area (TPSA) is 242 Å². The summed E-state index contributed by atoms with van der Waals surface area (Å²) in [4.78, 5) is 67.6. The van der Waals surface area contributed by atoms with E-state index in [1.165, 1.54) is 6.92 Å². The number of ether oxygens (including phenoxy) is 4. The average Bonchev–Trinajstić information content (AvgIpc) is 2.87. The van der Waals surface area contributed by atoms with E-state index >= 15 is 0 Å². The second-order valence-electron chi connectivity index (χ2n) is 8.18. The molecule has 224 valence electrons. The highest BCUT2D eigenvalue weighted by atomic mass is 16.5. The van der Waals surface area contributed by atoms with Gasteiger partial charge in [0, 0.05) is 25.9 Å². The summed E-state index contributed by atoms with van der Waals surface area (Å²) in [5.74, 6) is -3.77. The van der Waals surface area contributed by atoms with Crippen LogP contribution in [0.1, 0.15) is 32.6 Å². The maximum Gasteiger partial charge on any atom is 0.320 e. The summed E-state index contributed by atoms with van der Waals surface area (Å²) in [6.45, 7) is 2.36. The highest BCUT2D eigenvalue weighted by Crippen LogP contribution is 1.99. The molecule has 0 aromatic rings. The molecule has 0 radical (unpaired) electrons. The first-order valence-electron chi connectivity index (χ1n) is 12.4. The van der Waals surface area contributed by atoms with Crippen molar-refractivity contribution in [1.29, 1.82) is 0 Å². The minimum Gasteiger partial charge on any atom is -0.481 e. The van der Waals surface area contributed by atoms with Crippen molar-refractivity contribution in [2.24, 2.45) is 5.73 Å². The number of rotatable bonds is 25. The second-order valence-corrected chi connectivity index (χ2v) is 8.18. The number of nitrogens with two attached hydrogens (primary N) is 1. The van der Waals surface area contributed by atoms with E-state index in [0.29, 0.717) is 0 Å². The van der Waals surface area contributed by atoms with Gasteiger partial charge in [-0.3, -0.25) is 28.8 Å². The summed E-state index contributed by atoms with van der Waals surface area (Å²) in [7, 11) is 0. The molecule has 3 amide bonds. The molecule has 0 saturated heterocycles. The molecular formula is C23H40N4O12. The molecule has 0 bridgehead atoms. The number of ketones is 1. The Morgan fingerprint density at radius 3 is 1.72 bits per heavy atom. The minimum atomic E-state index is -1.16. The number of Topliss-reactive ketones (excluding diaryl/α,β-unsaturated/α-hetero) is 1. The van der Waals surface area contributed by atoms with Gasteiger partial charge < -0.3 is 50.8 Å². The summed E-state index contributed by atoms with van der Waals surface area (Å²) in [5.41, 5.74) is 5.32. The highest BCUT2D eigenvalue weighted by molar-refractivity contribution is 5.88. The molecule has 0 aliphatic carbocycles. The van der Waals surface area contributed by atoms with Crippen LogP contribution in [0.4, 0.5) is 0 Å². The first kappa shape index (κ1) is 35.8. The van der Waals surface area contributed by atoms with Crippen LogP contribution in [-0.2, 0) is 47.7 Å². The maximum atomic E-state index is 11.8. The molecule has 2 atom stereocenters. The summed E-state index contributed by atoms with van der Waals surface area (Å²) in [6.07, 6.45) is -0.189. The summed E-state index contributed by atoms with van der Waals surface area (Å²) in [6, 6.07) is -1.95. The first-order valence-corrected chi connectivity index (χ1v) is 12.4. The van der Waals surface area contributed by atoms with Crippen molar-refractivity contribution in [3.63, 3.8) is 0 Å². The molecule has 0 aromatic carbocycles. The highest BCUT2D eigenvalue weighted by Gasteiger charge is 2.18. The molecule has 0 fully saturated rings. The Kier molecular flexibility index (Phi) is 20.9. The fourth-order valence-electron chi connectivity index (χ4n) is 2.73. The van der Waals surface area contributed by atoms with Crippen LogP contribution in [-0.4, -0.2) is 124 Å². The summed E-state index contributed by atoms with van der Waals surface area (Å²) in [5, 5.41) is 24.9. The van der Waals surface area contributed by atoms with Crippen LogP contribution in [0.15, 0.2) is 0 Å². The number of amides is 3. The lowest BCUT2D eigenvalue weighted by atomic mass is 10.1. The van der Waals surface area contributed by atoms with Gasteiger partial charge in [-0.2, -0.15) is 0 Å². The van der Waals surface area contributed by atoms with Crippen molar-refractivity contribution in [2.45, 2.75) is 44.7 Å². The van der Waals surface area contributed by atoms with Crippen molar-refractivity contribution in [2.75, 3.05) is 65.9 Å². The Labute approximate surface area is 226 Å². The van der Waals surface area contributed by atoms with E-state index in [4.69, 9.17) is 34.9 Å². The molecule has 0 unspecified atom stereocenters. The number of hydrogen-bond donors (Lipinski definition) is 6. The van der Waals surface area contributed by atoms with Crippen LogP contribution in [0.2, 0.25) is 0 Å². The van der Waals surface area contributed by atoms with Crippen molar-refractivity contribution >= 4 is 35.4 Å². The van der Waals surface area contributed by atoms with Gasteiger partial charge in [0.15, 0.2) is 5.78 Å². The number of carbonyl (C=O) groups excluding carboxylic acids is 4. The zero-order valence-corrected chi connectivity index (χ0v) is 22.1. The Bertz CT molecular complexity index is 780. The monoisotopic (exact) mass is 564 g/mol. The van der Waals surface area contributed by atoms with E-state index in [0.717, 1.165) is 0 Å². The molecular weight excluding hydrogens is 524 g/mol. The average molecular weight is 565 g/mol. The molecule has 39 heavy (non-hydrogen) atoms. The third-order valence-corrected chi connectivity index (χ3v) is 4.82. The number of aliphatic carboxylic acids is 2. The van der Waals surface area contributed by atoms with E-state index in [9.17, 15) is 28.8 Å². The van der Waals surface area contributed by atoms with Gasteiger partial charge in [-0.1, -0.05) is 0 Å². The largest absolute Gasteiger partial charge is 0.481 e. The smallest absolute Gasteiger partial charge is 0.320 e. The van der Waals surface area contributed by atoms with E-state index in [1.807, 2.05) is 0 Å². The lowest BCUT2D eigenvalue weighted by molar-refractivity contribution is -0.139. The van der Waals surface area contributed by atoms with Crippen molar-refractivity contribution in [3.05, 3.63) is 0 Å². The molecule has 0 rings (SSSR count). The number of hydrogen-bond acceptors (Lipinski definition) is 11. The Morgan fingerprint density at radius 2 is 1.21 bits per heavy atom. The molecule has 0 heterocycles. The van der Waals surface area contributed by atoms with Gasteiger partial charge in [0.05, 0.1) is 45.7 Å². The van der Waals surface area contributed by atoms with E-state index in [2.05, 4.69) is 16.0 Å². The molecule has 7 N–H and O–H groups in total. The maximum absolute atomic E-state index is 11.8. The first-order chi connectivity index (χ1) is 18.5. The molecule has 0 aromatic heterocycles. The molecule has 0 aliphatic rings. The van der Waals surface area contributed by atoms with Gasteiger partial charge in [-0.25, -0.2) is 0 Å². The van der Waals surface area contributed by atoms with Crippen molar-refractivity contribution in [3.8, 4) is 0 Å². The molecule has 0 aliphatic heterocycles. The second kappa shape index (κ2) is 22.8. The van der Waals surface area contributed by atoms with Crippen LogP contribution in [0, 0.1) is 0 Å². The van der Waals surface area contributed by atoms with Gasteiger partial charge >= 0.3 is 11.9 Å². The predicted octanol–water partition coefficient (Wildman–Crippen LogP) is -2.58.